The molecule has 1 unspecified atom stereocenters. The molecule has 0 spiro atoms. The van der Waals surface area contributed by atoms with Gasteiger partial charge in [0, 0.05) is 16.9 Å². The Morgan fingerprint density at radius 2 is 2.29 bits per heavy atom. The summed E-state index contributed by atoms with van der Waals surface area (Å²) in [4.78, 5) is 0. The lowest BCUT2D eigenvalue weighted by atomic mass is 10.1. The predicted molar refractivity (Wildman–Crippen MR) is 75.1 cm³/mol. The fraction of sp³-hybridized carbons (Fsp3) is 0.429. The predicted octanol–water partition coefficient (Wildman–Crippen LogP) is 3.13. The third kappa shape index (κ3) is 5.25. The van der Waals surface area contributed by atoms with Crippen molar-refractivity contribution in [1.29, 1.82) is 0 Å². The van der Waals surface area contributed by atoms with Crippen molar-refractivity contribution in [1.82, 2.24) is 0 Å². The van der Waals surface area contributed by atoms with E-state index in [2.05, 4.69) is 27.9 Å². The average molecular weight is 296 g/mol. The molecule has 0 radical (unpaired) electrons. The summed E-state index contributed by atoms with van der Waals surface area (Å²) < 4.78 is 6.77. The molecule has 0 saturated carbocycles. The zero-order chi connectivity index (χ0) is 12.7. The Bertz CT molecular complexity index is 396. The Balaban J connectivity index is 2.66. The molecule has 1 rings (SSSR count). The summed E-state index contributed by atoms with van der Waals surface area (Å²) in [5, 5.41) is 0. The zero-order valence-electron chi connectivity index (χ0n) is 10.1. The van der Waals surface area contributed by atoms with Crippen LogP contribution in [0.3, 0.4) is 0 Å². The number of terminal acetylenes is 1. The van der Waals surface area contributed by atoms with E-state index in [4.69, 9.17) is 16.9 Å². The van der Waals surface area contributed by atoms with Crippen LogP contribution in [0.4, 0.5) is 0 Å². The van der Waals surface area contributed by atoms with Gasteiger partial charge in [-0.2, -0.15) is 0 Å². The Kier molecular flexibility index (Phi) is 6.10. The second kappa shape index (κ2) is 7.37. The van der Waals surface area contributed by atoms with Crippen molar-refractivity contribution in [2.24, 2.45) is 5.73 Å². The van der Waals surface area contributed by atoms with Gasteiger partial charge in [-0.25, -0.2) is 0 Å². The van der Waals surface area contributed by atoms with Crippen molar-refractivity contribution >= 4 is 15.9 Å². The lowest BCUT2D eigenvalue weighted by molar-refractivity contribution is 0.309. The first kappa shape index (κ1) is 14.1. The van der Waals surface area contributed by atoms with E-state index in [1.165, 1.54) is 0 Å². The summed E-state index contributed by atoms with van der Waals surface area (Å²) >= 11 is 3.46. The SMILES string of the molecule is C#CCCCOc1ccc(Br)cc1CC(C)N. The Hall–Kier alpha value is -0.980. The molecule has 1 atom stereocenters. The van der Waals surface area contributed by atoms with Gasteiger partial charge in [-0.1, -0.05) is 15.9 Å². The molecule has 0 aliphatic carbocycles. The van der Waals surface area contributed by atoms with Gasteiger partial charge in [0.25, 0.3) is 0 Å². The van der Waals surface area contributed by atoms with Gasteiger partial charge < -0.3 is 10.5 Å². The molecule has 17 heavy (non-hydrogen) atoms. The molecule has 0 fully saturated rings. The van der Waals surface area contributed by atoms with E-state index < -0.39 is 0 Å². The monoisotopic (exact) mass is 295 g/mol. The first-order valence-corrected chi connectivity index (χ1v) is 6.53. The molecule has 2 N–H and O–H groups in total. The maximum atomic E-state index is 5.82. The second-order valence-electron chi connectivity index (χ2n) is 4.09. The van der Waals surface area contributed by atoms with E-state index in [0.717, 1.165) is 35.0 Å². The molecule has 0 heterocycles. The molecule has 0 saturated heterocycles. The van der Waals surface area contributed by atoms with E-state index in [1.54, 1.807) is 0 Å². The third-order valence-electron chi connectivity index (χ3n) is 2.29. The molecule has 1 aromatic rings. The molecule has 1 aromatic carbocycles. The topological polar surface area (TPSA) is 35.2 Å². The van der Waals surface area contributed by atoms with Gasteiger partial charge in [-0.3, -0.25) is 0 Å². The Labute approximate surface area is 112 Å². The van der Waals surface area contributed by atoms with Gasteiger partial charge in [-0.15, -0.1) is 12.3 Å². The quantitative estimate of drug-likeness (QED) is 0.646. The molecular formula is C14H18BrNO. The number of hydrogen-bond donors (Lipinski definition) is 1. The molecule has 3 heteroatoms. The molecule has 0 amide bonds. The number of nitrogens with two attached hydrogens (primary N) is 1. The van der Waals surface area contributed by atoms with E-state index in [0.29, 0.717) is 6.61 Å². The highest BCUT2D eigenvalue weighted by molar-refractivity contribution is 9.10. The minimum atomic E-state index is 0.123. The van der Waals surface area contributed by atoms with Gasteiger partial charge in [0.15, 0.2) is 0 Å². The van der Waals surface area contributed by atoms with Crippen LogP contribution in [0.15, 0.2) is 22.7 Å². The molecule has 92 valence electrons. The molecular weight excluding hydrogens is 278 g/mol. The largest absolute Gasteiger partial charge is 0.493 e. The maximum absolute atomic E-state index is 5.82. The van der Waals surface area contributed by atoms with Crippen LogP contribution in [0, 0.1) is 12.3 Å². The summed E-state index contributed by atoms with van der Waals surface area (Å²) in [7, 11) is 0. The van der Waals surface area contributed by atoms with Crippen molar-refractivity contribution < 1.29 is 4.74 Å². The fourth-order valence-corrected chi connectivity index (χ4v) is 1.96. The number of benzene rings is 1. The summed E-state index contributed by atoms with van der Waals surface area (Å²) in [5.74, 6) is 3.51. The fourth-order valence-electron chi connectivity index (χ4n) is 1.55. The van der Waals surface area contributed by atoms with Crippen molar-refractivity contribution in [3.05, 3.63) is 28.2 Å². The Morgan fingerprint density at radius 3 is 2.94 bits per heavy atom. The van der Waals surface area contributed by atoms with E-state index in [9.17, 15) is 0 Å². The van der Waals surface area contributed by atoms with E-state index in [-0.39, 0.29) is 6.04 Å². The van der Waals surface area contributed by atoms with Gasteiger partial charge >= 0.3 is 0 Å². The molecule has 0 bridgehead atoms. The standard InChI is InChI=1S/C14H18BrNO/c1-3-4-5-8-17-14-7-6-13(15)10-12(14)9-11(2)16/h1,6-7,10-11H,4-5,8-9,16H2,2H3. The van der Waals surface area contributed by atoms with Crippen LogP contribution in [0.2, 0.25) is 0 Å². The Morgan fingerprint density at radius 1 is 1.53 bits per heavy atom. The first-order chi connectivity index (χ1) is 8.13. The van der Waals surface area contributed by atoms with Gasteiger partial charge in [-0.05, 0) is 43.5 Å². The summed E-state index contributed by atoms with van der Waals surface area (Å²) in [5.41, 5.74) is 6.96. The van der Waals surface area contributed by atoms with Crippen LogP contribution in [0.5, 0.6) is 5.75 Å². The number of unbranched alkanes of at least 4 members (excludes halogenated alkanes) is 1. The first-order valence-electron chi connectivity index (χ1n) is 5.73. The lowest BCUT2D eigenvalue weighted by Gasteiger charge is -2.13. The van der Waals surface area contributed by atoms with Gasteiger partial charge in [0.2, 0.25) is 0 Å². The van der Waals surface area contributed by atoms with Gasteiger partial charge in [0.05, 0.1) is 6.61 Å². The van der Waals surface area contributed by atoms with Crippen molar-refractivity contribution in [2.75, 3.05) is 6.61 Å². The molecule has 2 nitrogen and oxygen atoms in total. The minimum absolute atomic E-state index is 0.123. The number of halogens is 1. The number of hydrogen-bond acceptors (Lipinski definition) is 2. The molecule has 0 aromatic heterocycles. The zero-order valence-corrected chi connectivity index (χ0v) is 11.7. The third-order valence-corrected chi connectivity index (χ3v) is 2.78. The van der Waals surface area contributed by atoms with Crippen molar-refractivity contribution in [2.45, 2.75) is 32.2 Å². The van der Waals surface area contributed by atoms with Crippen LogP contribution in [-0.4, -0.2) is 12.6 Å². The minimum Gasteiger partial charge on any atom is -0.493 e. The van der Waals surface area contributed by atoms with E-state index in [1.807, 2.05) is 19.1 Å². The lowest BCUT2D eigenvalue weighted by Crippen LogP contribution is -2.18. The summed E-state index contributed by atoms with van der Waals surface area (Å²) in [6.07, 6.45) is 7.63. The maximum Gasteiger partial charge on any atom is 0.122 e. The smallest absolute Gasteiger partial charge is 0.122 e. The average Bonchev–Trinajstić information content (AvgIpc) is 2.26. The van der Waals surface area contributed by atoms with Crippen LogP contribution < -0.4 is 10.5 Å². The second-order valence-corrected chi connectivity index (χ2v) is 5.01. The van der Waals surface area contributed by atoms with Crippen LogP contribution in [0.1, 0.15) is 25.3 Å². The highest BCUT2D eigenvalue weighted by Gasteiger charge is 2.06. The van der Waals surface area contributed by atoms with Crippen LogP contribution >= 0.6 is 15.9 Å². The summed E-state index contributed by atoms with van der Waals surface area (Å²) in [6.45, 7) is 2.64. The van der Waals surface area contributed by atoms with E-state index >= 15 is 0 Å². The van der Waals surface area contributed by atoms with Crippen molar-refractivity contribution in [3.8, 4) is 18.1 Å². The van der Waals surface area contributed by atoms with Crippen LogP contribution in [0.25, 0.3) is 0 Å². The van der Waals surface area contributed by atoms with Crippen LogP contribution in [-0.2, 0) is 6.42 Å². The number of ether oxygens (including phenoxy) is 1. The highest BCUT2D eigenvalue weighted by Crippen LogP contribution is 2.24. The highest BCUT2D eigenvalue weighted by atomic mass is 79.9. The normalized spacial score (nSPS) is 11.9. The van der Waals surface area contributed by atoms with Crippen molar-refractivity contribution in [3.63, 3.8) is 0 Å². The summed E-state index contributed by atoms with van der Waals surface area (Å²) in [6, 6.07) is 6.12. The molecule has 0 aliphatic rings. The number of rotatable bonds is 6. The molecule has 0 aliphatic heterocycles. The van der Waals surface area contributed by atoms with Gasteiger partial charge in [0.1, 0.15) is 5.75 Å².